The Balaban J connectivity index is 2.59. The third kappa shape index (κ3) is 4.98. The molecule has 0 amide bonds. The van der Waals surface area contributed by atoms with E-state index in [0.717, 1.165) is 25.7 Å². The minimum absolute atomic E-state index is 0.208. The Labute approximate surface area is 103 Å². The lowest BCUT2D eigenvalue weighted by Crippen LogP contribution is -2.02. The number of aromatic hydroxyl groups is 1. The van der Waals surface area contributed by atoms with Crippen LogP contribution in [-0.2, 0) is 0 Å². The van der Waals surface area contributed by atoms with E-state index >= 15 is 0 Å². The Morgan fingerprint density at radius 2 is 1.53 bits per heavy atom. The molecule has 0 aliphatic carbocycles. The largest absolute Gasteiger partial charge is 0.508 e. The zero-order valence-electron chi connectivity index (χ0n) is 10.7. The Hall–Kier alpha value is -1.38. The number of unbranched alkanes of at least 4 members (excludes halogenated alkanes) is 2. The Bertz CT molecular complexity index is 323. The minimum Gasteiger partial charge on any atom is -0.508 e. The van der Waals surface area contributed by atoms with E-state index in [0.29, 0.717) is 24.7 Å². The highest BCUT2D eigenvalue weighted by molar-refractivity contribution is 5.45. The molecule has 0 unspecified atom stereocenters. The highest BCUT2D eigenvalue weighted by Crippen LogP contribution is 2.31. The molecule has 0 radical (unpaired) electrons. The van der Waals surface area contributed by atoms with Crippen LogP contribution in [0.3, 0.4) is 0 Å². The van der Waals surface area contributed by atoms with Crippen molar-refractivity contribution < 1.29 is 14.6 Å². The standard InChI is InChI=1S/C14H22O3/c1-3-5-9-16-13-8-7-12(15)11-14(13)17-10-6-4-2/h7-8,11,15H,3-6,9-10H2,1-2H3. The fourth-order valence-electron chi connectivity index (χ4n) is 1.38. The van der Waals surface area contributed by atoms with Gasteiger partial charge in [0.25, 0.3) is 0 Å². The predicted molar refractivity (Wildman–Crippen MR) is 68.9 cm³/mol. The molecule has 96 valence electrons. The van der Waals surface area contributed by atoms with Gasteiger partial charge in [0.05, 0.1) is 13.2 Å². The zero-order chi connectivity index (χ0) is 12.5. The highest BCUT2D eigenvalue weighted by Gasteiger charge is 2.06. The van der Waals surface area contributed by atoms with Gasteiger partial charge in [-0.15, -0.1) is 0 Å². The second kappa shape index (κ2) is 7.82. The molecule has 0 heterocycles. The number of benzene rings is 1. The van der Waals surface area contributed by atoms with Crippen molar-refractivity contribution in [3.8, 4) is 17.2 Å². The molecule has 1 aromatic rings. The van der Waals surface area contributed by atoms with Crippen LogP contribution < -0.4 is 9.47 Å². The van der Waals surface area contributed by atoms with Crippen molar-refractivity contribution in [1.82, 2.24) is 0 Å². The molecule has 17 heavy (non-hydrogen) atoms. The topological polar surface area (TPSA) is 38.7 Å². The average Bonchev–Trinajstić information content (AvgIpc) is 2.32. The fraction of sp³-hybridized carbons (Fsp3) is 0.571. The van der Waals surface area contributed by atoms with Gasteiger partial charge in [0.2, 0.25) is 0 Å². The van der Waals surface area contributed by atoms with Gasteiger partial charge in [0.15, 0.2) is 11.5 Å². The summed E-state index contributed by atoms with van der Waals surface area (Å²) < 4.78 is 11.2. The van der Waals surface area contributed by atoms with Gasteiger partial charge in [-0.2, -0.15) is 0 Å². The summed E-state index contributed by atoms with van der Waals surface area (Å²) in [5, 5.41) is 9.43. The van der Waals surface area contributed by atoms with Crippen molar-refractivity contribution in [2.24, 2.45) is 0 Å². The molecule has 1 aromatic carbocycles. The number of ether oxygens (including phenoxy) is 2. The quantitative estimate of drug-likeness (QED) is 0.701. The van der Waals surface area contributed by atoms with E-state index in [1.54, 1.807) is 18.2 Å². The molecule has 0 bridgehead atoms. The van der Waals surface area contributed by atoms with Gasteiger partial charge in [-0.05, 0) is 25.0 Å². The fourth-order valence-corrected chi connectivity index (χ4v) is 1.38. The van der Waals surface area contributed by atoms with Crippen LogP contribution in [0.4, 0.5) is 0 Å². The summed E-state index contributed by atoms with van der Waals surface area (Å²) in [5.74, 6) is 1.56. The maximum absolute atomic E-state index is 9.43. The molecule has 0 atom stereocenters. The monoisotopic (exact) mass is 238 g/mol. The van der Waals surface area contributed by atoms with Crippen molar-refractivity contribution in [3.05, 3.63) is 18.2 Å². The van der Waals surface area contributed by atoms with E-state index in [1.165, 1.54) is 0 Å². The van der Waals surface area contributed by atoms with E-state index in [1.807, 2.05) is 0 Å². The maximum Gasteiger partial charge on any atom is 0.164 e. The molecule has 0 saturated heterocycles. The molecule has 3 nitrogen and oxygen atoms in total. The second-order valence-electron chi connectivity index (χ2n) is 4.04. The normalized spacial score (nSPS) is 10.2. The third-order valence-electron chi connectivity index (χ3n) is 2.44. The summed E-state index contributed by atoms with van der Waals surface area (Å²) in [6.45, 7) is 5.58. The first-order valence-corrected chi connectivity index (χ1v) is 6.36. The van der Waals surface area contributed by atoms with Gasteiger partial charge in [-0.25, -0.2) is 0 Å². The SMILES string of the molecule is CCCCOc1ccc(O)cc1OCCCC. The molecule has 0 aliphatic heterocycles. The van der Waals surface area contributed by atoms with Gasteiger partial charge < -0.3 is 14.6 Å². The molecular weight excluding hydrogens is 216 g/mol. The van der Waals surface area contributed by atoms with Crippen molar-refractivity contribution in [2.75, 3.05) is 13.2 Å². The maximum atomic E-state index is 9.43. The molecule has 0 saturated carbocycles. The van der Waals surface area contributed by atoms with E-state index in [4.69, 9.17) is 9.47 Å². The van der Waals surface area contributed by atoms with Crippen LogP contribution in [0.1, 0.15) is 39.5 Å². The summed E-state index contributed by atoms with van der Waals surface area (Å²) >= 11 is 0. The molecule has 0 aliphatic rings. The lowest BCUT2D eigenvalue weighted by atomic mass is 10.3. The highest BCUT2D eigenvalue weighted by atomic mass is 16.5. The van der Waals surface area contributed by atoms with E-state index in [2.05, 4.69) is 13.8 Å². The van der Waals surface area contributed by atoms with Gasteiger partial charge in [-0.3, -0.25) is 0 Å². The lowest BCUT2D eigenvalue weighted by molar-refractivity contribution is 0.260. The molecule has 0 fully saturated rings. The molecule has 1 rings (SSSR count). The summed E-state index contributed by atoms with van der Waals surface area (Å²) in [6.07, 6.45) is 4.22. The zero-order valence-corrected chi connectivity index (χ0v) is 10.7. The second-order valence-corrected chi connectivity index (χ2v) is 4.04. The number of hydrogen-bond acceptors (Lipinski definition) is 3. The van der Waals surface area contributed by atoms with Crippen molar-refractivity contribution in [2.45, 2.75) is 39.5 Å². The summed E-state index contributed by atoms with van der Waals surface area (Å²) in [5.41, 5.74) is 0. The van der Waals surface area contributed by atoms with Crippen molar-refractivity contribution in [1.29, 1.82) is 0 Å². The van der Waals surface area contributed by atoms with Crippen LogP contribution in [0.15, 0.2) is 18.2 Å². The molecule has 0 aromatic heterocycles. The first-order valence-electron chi connectivity index (χ1n) is 6.36. The van der Waals surface area contributed by atoms with Crippen LogP contribution in [0.2, 0.25) is 0 Å². The van der Waals surface area contributed by atoms with E-state index in [9.17, 15) is 5.11 Å². The smallest absolute Gasteiger partial charge is 0.164 e. The Morgan fingerprint density at radius 3 is 2.12 bits per heavy atom. The summed E-state index contributed by atoms with van der Waals surface area (Å²) in [7, 11) is 0. The molecular formula is C14H22O3. The first kappa shape index (κ1) is 13.7. The summed E-state index contributed by atoms with van der Waals surface area (Å²) in [4.78, 5) is 0. The van der Waals surface area contributed by atoms with E-state index in [-0.39, 0.29) is 5.75 Å². The van der Waals surface area contributed by atoms with Gasteiger partial charge >= 0.3 is 0 Å². The first-order chi connectivity index (χ1) is 8.27. The molecule has 3 heteroatoms. The van der Waals surface area contributed by atoms with Crippen LogP contribution in [0.5, 0.6) is 17.2 Å². The number of hydrogen-bond donors (Lipinski definition) is 1. The van der Waals surface area contributed by atoms with Gasteiger partial charge in [0, 0.05) is 6.07 Å². The number of phenols is 1. The van der Waals surface area contributed by atoms with Crippen molar-refractivity contribution in [3.63, 3.8) is 0 Å². The van der Waals surface area contributed by atoms with Gasteiger partial charge in [0.1, 0.15) is 5.75 Å². The van der Waals surface area contributed by atoms with Gasteiger partial charge in [-0.1, -0.05) is 26.7 Å². The van der Waals surface area contributed by atoms with Crippen molar-refractivity contribution >= 4 is 0 Å². The van der Waals surface area contributed by atoms with E-state index < -0.39 is 0 Å². The summed E-state index contributed by atoms with van der Waals surface area (Å²) in [6, 6.07) is 4.98. The van der Waals surface area contributed by atoms with Crippen LogP contribution >= 0.6 is 0 Å². The lowest BCUT2D eigenvalue weighted by Gasteiger charge is -2.12. The minimum atomic E-state index is 0.208. The number of phenolic OH excluding ortho intramolecular Hbond substituents is 1. The molecule has 0 spiro atoms. The van der Waals surface area contributed by atoms with Crippen LogP contribution in [0, 0.1) is 0 Å². The molecule has 1 N–H and O–H groups in total. The predicted octanol–water partition coefficient (Wildman–Crippen LogP) is 3.75. The Kier molecular flexibility index (Phi) is 6.30. The Morgan fingerprint density at radius 1 is 0.941 bits per heavy atom. The van der Waals surface area contributed by atoms with Crippen LogP contribution in [0.25, 0.3) is 0 Å². The third-order valence-corrected chi connectivity index (χ3v) is 2.44. The van der Waals surface area contributed by atoms with Crippen LogP contribution in [-0.4, -0.2) is 18.3 Å². The number of rotatable bonds is 8. The average molecular weight is 238 g/mol.